The number of aromatic amines is 1. The fourth-order valence-electron chi connectivity index (χ4n) is 2.40. The predicted octanol–water partition coefficient (Wildman–Crippen LogP) is 1.87. The van der Waals surface area contributed by atoms with Crippen molar-refractivity contribution in [1.82, 2.24) is 15.3 Å². The van der Waals surface area contributed by atoms with E-state index in [1.165, 1.54) is 43.5 Å². The Morgan fingerprint density at radius 3 is 2.88 bits per heavy atom. The number of H-pyrrole nitrogens is 1. The minimum Gasteiger partial charge on any atom is -0.494 e. The highest BCUT2D eigenvalue weighted by molar-refractivity contribution is 5.92. The molecule has 8 heteroatoms. The van der Waals surface area contributed by atoms with Crippen molar-refractivity contribution in [2.45, 2.75) is 6.54 Å². The number of carbonyl (C=O) groups excluding carboxylic acids is 1. The summed E-state index contributed by atoms with van der Waals surface area (Å²) >= 11 is 0. The number of methoxy groups -OCH3 is 1. The van der Waals surface area contributed by atoms with Crippen LogP contribution in [-0.2, 0) is 6.54 Å². The van der Waals surface area contributed by atoms with Gasteiger partial charge >= 0.3 is 0 Å². The Hall–Kier alpha value is -3.73. The second-order valence-electron chi connectivity index (χ2n) is 5.41. The normalized spacial score (nSPS) is 10.3. The van der Waals surface area contributed by atoms with Crippen molar-refractivity contribution < 1.29 is 13.9 Å². The van der Waals surface area contributed by atoms with Gasteiger partial charge in [-0.3, -0.25) is 9.59 Å². The van der Waals surface area contributed by atoms with Crippen LogP contribution in [0.15, 0.2) is 41.2 Å². The molecule has 1 amide bonds. The van der Waals surface area contributed by atoms with Gasteiger partial charge in [-0.1, -0.05) is 6.07 Å². The van der Waals surface area contributed by atoms with E-state index in [0.717, 1.165) is 0 Å². The molecule has 0 aliphatic rings. The number of halogens is 1. The molecule has 26 heavy (non-hydrogen) atoms. The van der Waals surface area contributed by atoms with Crippen LogP contribution in [0.25, 0.3) is 10.9 Å². The maximum Gasteiger partial charge on any atom is 0.287 e. The molecular weight excluding hydrogens is 339 g/mol. The monoisotopic (exact) mass is 352 g/mol. The zero-order valence-electron chi connectivity index (χ0n) is 13.7. The molecule has 0 aliphatic carbocycles. The van der Waals surface area contributed by atoms with E-state index in [1.54, 1.807) is 0 Å². The largest absolute Gasteiger partial charge is 0.494 e. The number of ether oxygens (including phenoxy) is 1. The zero-order valence-corrected chi connectivity index (χ0v) is 13.7. The molecule has 0 bridgehead atoms. The molecule has 3 aromatic rings. The SMILES string of the molecule is COc1cc(CNC(=O)c2nc3ccc(C#N)cc3c(=O)[nH]2)ccc1F. The van der Waals surface area contributed by atoms with Crippen molar-refractivity contribution in [3.8, 4) is 11.8 Å². The van der Waals surface area contributed by atoms with Crippen LogP contribution in [0.1, 0.15) is 21.7 Å². The number of carbonyl (C=O) groups is 1. The first-order valence-corrected chi connectivity index (χ1v) is 7.56. The molecule has 0 radical (unpaired) electrons. The van der Waals surface area contributed by atoms with E-state index in [0.29, 0.717) is 16.6 Å². The fourth-order valence-corrected chi connectivity index (χ4v) is 2.40. The Bertz CT molecular complexity index is 1100. The molecule has 0 spiro atoms. The molecule has 2 aromatic carbocycles. The van der Waals surface area contributed by atoms with Gasteiger partial charge in [0.2, 0.25) is 0 Å². The van der Waals surface area contributed by atoms with Crippen molar-refractivity contribution in [1.29, 1.82) is 5.26 Å². The second-order valence-corrected chi connectivity index (χ2v) is 5.41. The average molecular weight is 352 g/mol. The average Bonchev–Trinajstić information content (AvgIpc) is 2.66. The predicted molar refractivity (Wildman–Crippen MR) is 91.2 cm³/mol. The van der Waals surface area contributed by atoms with E-state index in [1.807, 2.05) is 6.07 Å². The lowest BCUT2D eigenvalue weighted by atomic mass is 10.1. The standard InChI is InChI=1S/C18H13FN4O3/c1-26-15-7-11(2-4-13(15)19)9-21-18(25)16-22-14-5-3-10(8-20)6-12(14)17(24)23-16/h2-7H,9H2,1H3,(H,21,25)(H,22,23,24). The van der Waals surface area contributed by atoms with Crippen LogP contribution in [0.2, 0.25) is 0 Å². The summed E-state index contributed by atoms with van der Waals surface area (Å²) < 4.78 is 18.3. The molecule has 1 heterocycles. The zero-order chi connectivity index (χ0) is 18.7. The number of nitrogens with zero attached hydrogens (tertiary/aromatic N) is 2. The van der Waals surface area contributed by atoms with Gasteiger partial charge in [-0.05, 0) is 35.9 Å². The van der Waals surface area contributed by atoms with Gasteiger partial charge in [0.25, 0.3) is 11.5 Å². The van der Waals surface area contributed by atoms with Gasteiger partial charge in [0, 0.05) is 6.54 Å². The number of fused-ring (bicyclic) bond motifs is 1. The summed E-state index contributed by atoms with van der Waals surface area (Å²) in [5, 5.41) is 11.7. The van der Waals surface area contributed by atoms with Crippen LogP contribution in [0.5, 0.6) is 5.75 Å². The summed E-state index contributed by atoms with van der Waals surface area (Å²) in [4.78, 5) is 30.9. The minimum absolute atomic E-state index is 0.0716. The van der Waals surface area contributed by atoms with Gasteiger partial charge in [0.05, 0.1) is 29.6 Å². The molecule has 7 nitrogen and oxygen atoms in total. The number of amides is 1. The van der Waals surface area contributed by atoms with Crippen LogP contribution in [0, 0.1) is 17.1 Å². The van der Waals surface area contributed by atoms with Crippen LogP contribution in [-0.4, -0.2) is 23.0 Å². The Labute approximate surface area is 147 Å². The van der Waals surface area contributed by atoms with Gasteiger partial charge < -0.3 is 15.0 Å². The van der Waals surface area contributed by atoms with Crippen molar-refractivity contribution in [2.24, 2.45) is 0 Å². The number of hydrogen-bond donors (Lipinski definition) is 2. The highest BCUT2D eigenvalue weighted by Crippen LogP contribution is 2.18. The van der Waals surface area contributed by atoms with E-state index in [2.05, 4.69) is 15.3 Å². The minimum atomic E-state index is -0.586. The molecule has 3 rings (SSSR count). The topological polar surface area (TPSA) is 108 Å². The lowest BCUT2D eigenvalue weighted by molar-refractivity contribution is 0.0940. The molecular formula is C18H13FN4O3. The number of rotatable bonds is 4. The molecule has 0 aliphatic heterocycles. The van der Waals surface area contributed by atoms with Crippen LogP contribution in [0.4, 0.5) is 4.39 Å². The van der Waals surface area contributed by atoms with E-state index >= 15 is 0 Å². The third kappa shape index (κ3) is 3.37. The Morgan fingerprint density at radius 1 is 1.35 bits per heavy atom. The van der Waals surface area contributed by atoms with E-state index in [9.17, 15) is 14.0 Å². The number of hydrogen-bond acceptors (Lipinski definition) is 5. The number of aromatic nitrogens is 2. The summed E-state index contributed by atoms with van der Waals surface area (Å²) in [5.74, 6) is -1.17. The Balaban J connectivity index is 1.82. The molecule has 0 saturated carbocycles. The molecule has 0 saturated heterocycles. The highest BCUT2D eigenvalue weighted by atomic mass is 19.1. The summed E-state index contributed by atoms with van der Waals surface area (Å²) in [6.45, 7) is 0.102. The lowest BCUT2D eigenvalue weighted by Gasteiger charge is -2.08. The van der Waals surface area contributed by atoms with Crippen LogP contribution < -0.4 is 15.6 Å². The van der Waals surface area contributed by atoms with Gasteiger partial charge in [-0.2, -0.15) is 5.26 Å². The third-order valence-electron chi connectivity index (χ3n) is 3.72. The van der Waals surface area contributed by atoms with E-state index in [-0.39, 0.29) is 23.5 Å². The maximum absolute atomic E-state index is 13.4. The molecule has 2 N–H and O–H groups in total. The van der Waals surface area contributed by atoms with Crippen molar-refractivity contribution in [3.05, 3.63) is 69.5 Å². The molecule has 0 unspecified atom stereocenters. The van der Waals surface area contributed by atoms with E-state index < -0.39 is 17.3 Å². The Kier molecular flexibility index (Phi) is 4.62. The number of nitriles is 1. The molecule has 0 fully saturated rings. The van der Waals surface area contributed by atoms with Gasteiger partial charge in [-0.15, -0.1) is 0 Å². The van der Waals surface area contributed by atoms with Gasteiger partial charge in [0.1, 0.15) is 0 Å². The maximum atomic E-state index is 13.4. The third-order valence-corrected chi connectivity index (χ3v) is 3.72. The molecule has 130 valence electrons. The first-order valence-electron chi connectivity index (χ1n) is 7.56. The van der Waals surface area contributed by atoms with Crippen molar-refractivity contribution >= 4 is 16.8 Å². The van der Waals surface area contributed by atoms with Crippen LogP contribution in [0.3, 0.4) is 0 Å². The molecule has 1 aromatic heterocycles. The Morgan fingerprint density at radius 2 is 2.15 bits per heavy atom. The number of nitrogens with one attached hydrogen (secondary N) is 2. The molecule has 0 atom stereocenters. The lowest BCUT2D eigenvalue weighted by Crippen LogP contribution is -2.27. The summed E-state index contributed by atoms with van der Waals surface area (Å²) in [7, 11) is 1.35. The summed E-state index contributed by atoms with van der Waals surface area (Å²) in [5.41, 5.74) is 0.743. The quantitative estimate of drug-likeness (QED) is 0.745. The number of benzene rings is 2. The fraction of sp³-hybridized carbons (Fsp3) is 0.111. The first-order chi connectivity index (χ1) is 12.5. The first kappa shape index (κ1) is 17.1. The van der Waals surface area contributed by atoms with Crippen molar-refractivity contribution in [2.75, 3.05) is 7.11 Å². The van der Waals surface area contributed by atoms with Crippen molar-refractivity contribution in [3.63, 3.8) is 0 Å². The summed E-state index contributed by atoms with van der Waals surface area (Å²) in [6.07, 6.45) is 0. The van der Waals surface area contributed by atoms with Gasteiger partial charge in [0.15, 0.2) is 17.4 Å². The van der Waals surface area contributed by atoms with Gasteiger partial charge in [-0.25, -0.2) is 9.37 Å². The summed E-state index contributed by atoms with van der Waals surface area (Å²) in [6, 6.07) is 10.6. The smallest absolute Gasteiger partial charge is 0.287 e. The van der Waals surface area contributed by atoms with Crippen LogP contribution >= 0.6 is 0 Å². The highest BCUT2D eigenvalue weighted by Gasteiger charge is 2.12. The van der Waals surface area contributed by atoms with E-state index in [4.69, 9.17) is 10.00 Å². The second kappa shape index (κ2) is 7.03.